The highest BCUT2D eigenvalue weighted by atomic mass is 16.5. The van der Waals surface area contributed by atoms with Crippen molar-refractivity contribution < 1.29 is 14.3 Å². The molecule has 1 unspecified atom stereocenters. The Morgan fingerprint density at radius 3 is 2.88 bits per heavy atom. The second-order valence-electron chi connectivity index (χ2n) is 8.27. The number of benzene rings is 1. The number of imidazole rings is 1. The van der Waals surface area contributed by atoms with Crippen molar-refractivity contribution in [3.63, 3.8) is 0 Å². The zero-order valence-corrected chi connectivity index (χ0v) is 18.9. The lowest BCUT2D eigenvalue weighted by molar-refractivity contribution is -0.121. The molecule has 32 heavy (non-hydrogen) atoms. The lowest BCUT2D eigenvalue weighted by atomic mass is 9.91. The predicted octanol–water partition coefficient (Wildman–Crippen LogP) is 3.01. The predicted molar refractivity (Wildman–Crippen MR) is 124 cm³/mol. The van der Waals surface area contributed by atoms with Gasteiger partial charge >= 0.3 is 0 Å². The first-order valence-electron chi connectivity index (χ1n) is 11.3. The van der Waals surface area contributed by atoms with E-state index < -0.39 is 0 Å². The molecule has 0 spiro atoms. The molecular formula is C25H32N4O3. The van der Waals surface area contributed by atoms with Crippen LogP contribution in [0.2, 0.25) is 0 Å². The SMILES string of the molecule is COc1ccccc1C(CC(=O)NCCCN1CCOCC1)c1cnc2cc(C)ccn12. The lowest BCUT2D eigenvalue weighted by Gasteiger charge is -2.26. The van der Waals surface area contributed by atoms with Gasteiger partial charge < -0.3 is 19.2 Å². The summed E-state index contributed by atoms with van der Waals surface area (Å²) in [6.07, 6.45) is 5.16. The zero-order valence-electron chi connectivity index (χ0n) is 18.9. The number of morpholine rings is 1. The quantitative estimate of drug-likeness (QED) is 0.523. The summed E-state index contributed by atoms with van der Waals surface area (Å²) in [6.45, 7) is 7.23. The lowest BCUT2D eigenvalue weighted by Crippen LogP contribution is -2.38. The first kappa shape index (κ1) is 22.3. The molecule has 7 nitrogen and oxygen atoms in total. The standard InChI is InChI=1S/C25H32N4O3/c1-19-8-11-29-22(18-27-24(29)16-19)21(20-6-3-4-7-23(20)31-2)17-25(30)26-9-5-10-28-12-14-32-15-13-28/h3-4,6-8,11,16,18,21H,5,9-10,12-15,17H2,1-2H3,(H,26,30). The van der Waals surface area contributed by atoms with Gasteiger partial charge in [0.15, 0.2) is 0 Å². The van der Waals surface area contributed by atoms with Gasteiger partial charge in [0.25, 0.3) is 0 Å². The van der Waals surface area contributed by atoms with E-state index >= 15 is 0 Å². The van der Waals surface area contributed by atoms with Crippen molar-refractivity contribution in [2.75, 3.05) is 46.5 Å². The Labute approximate surface area is 189 Å². The third kappa shape index (κ3) is 5.29. The van der Waals surface area contributed by atoms with Crippen molar-refractivity contribution >= 4 is 11.6 Å². The summed E-state index contributed by atoms with van der Waals surface area (Å²) in [6, 6.07) is 12.0. The van der Waals surface area contributed by atoms with Gasteiger partial charge in [-0.2, -0.15) is 0 Å². The number of pyridine rings is 1. The van der Waals surface area contributed by atoms with Gasteiger partial charge in [-0.25, -0.2) is 4.98 Å². The number of hydrogen-bond acceptors (Lipinski definition) is 5. The van der Waals surface area contributed by atoms with Crippen molar-refractivity contribution in [1.29, 1.82) is 0 Å². The molecule has 0 saturated carbocycles. The molecule has 1 aliphatic rings. The number of nitrogens with one attached hydrogen (secondary N) is 1. The fourth-order valence-electron chi connectivity index (χ4n) is 4.30. The summed E-state index contributed by atoms with van der Waals surface area (Å²) >= 11 is 0. The number of methoxy groups -OCH3 is 1. The van der Waals surface area contributed by atoms with E-state index in [2.05, 4.69) is 38.7 Å². The molecule has 0 aliphatic carbocycles. The third-order valence-electron chi connectivity index (χ3n) is 6.04. The average molecular weight is 437 g/mol. The minimum absolute atomic E-state index is 0.0324. The van der Waals surface area contributed by atoms with Gasteiger partial charge in [-0.15, -0.1) is 0 Å². The molecule has 1 aliphatic heterocycles. The van der Waals surface area contributed by atoms with Crippen LogP contribution in [-0.2, 0) is 9.53 Å². The molecule has 1 saturated heterocycles. The highest BCUT2D eigenvalue weighted by Crippen LogP contribution is 2.34. The molecule has 1 N–H and O–H groups in total. The molecule has 170 valence electrons. The van der Waals surface area contributed by atoms with Crippen LogP contribution >= 0.6 is 0 Å². The minimum Gasteiger partial charge on any atom is -0.496 e. The molecule has 1 amide bonds. The third-order valence-corrected chi connectivity index (χ3v) is 6.04. The number of amides is 1. The highest BCUT2D eigenvalue weighted by Gasteiger charge is 2.24. The van der Waals surface area contributed by atoms with E-state index in [0.717, 1.165) is 67.5 Å². The number of aromatic nitrogens is 2. The smallest absolute Gasteiger partial charge is 0.221 e. The first-order valence-corrected chi connectivity index (χ1v) is 11.3. The number of para-hydroxylation sites is 1. The summed E-state index contributed by atoms with van der Waals surface area (Å²) in [4.78, 5) is 19.9. The second-order valence-corrected chi connectivity index (χ2v) is 8.27. The van der Waals surface area contributed by atoms with Crippen molar-refractivity contribution in [2.45, 2.75) is 25.7 Å². The van der Waals surface area contributed by atoms with Crippen molar-refractivity contribution in [1.82, 2.24) is 19.6 Å². The van der Waals surface area contributed by atoms with Crippen LogP contribution in [0.4, 0.5) is 0 Å². The maximum Gasteiger partial charge on any atom is 0.221 e. The number of ether oxygens (including phenoxy) is 2. The zero-order chi connectivity index (χ0) is 22.3. The van der Waals surface area contributed by atoms with Gasteiger partial charge in [0.05, 0.1) is 26.0 Å². The molecule has 2 aromatic heterocycles. The number of aryl methyl sites for hydroxylation is 1. The van der Waals surface area contributed by atoms with Crippen LogP contribution in [0, 0.1) is 6.92 Å². The van der Waals surface area contributed by atoms with E-state index in [1.165, 1.54) is 0 Å². The number of carbonyl (C=O) groups is 1. The molecule has 3 heterocycles. The van der Waals surface area contributed by atoms with Gasteiger partial charge in [-0.3, -0.25) is 9.69 Å². The molecule has 3 aromatic rings. The maximum atomic E-state index is 12.9. The largest absolute Gasteiger partial charge is 0.496 e. The Morgan fingerprint density at radius 1 is 1.25 bits per heavy atom. The number of fused-ring (bicyclic) bond motifs is 1. The molecule has 1 aromatic carbocycles. The normalized spacial score (nSPS) is 15.6. The van der Waals surface area contributed by atoms with Gasteiger partial charge in [-0.1, -0.05) is 18.2 Å². The summed E-state index contributed by atoms with van der Waals surface area (Å²) in [5, 5.41) is 3.11. The molecule has 7 heteroatoms. The van der Waals surface area contributed by atoms with Gasteiger partial charge in [0, 0.05) is 49.9 Å². The van der Waals surface area contributed by atoms with E-state index in [0.29, 0.717) is 13.0 Å². The van der Waals surface area contributed by atoms with Crippen LogP contribution < -0.4 is 10.1 Å². The maximum absolute atomic E-state index is 12.9. The van der Waals surface area contributed by atoms with Crippen molar-refractivity contribution in [3.8, 4) is 5.75 Å². The first-order chi connectivity index (χ1) is 15.7. The molecule has 4 rings (SSSR count). The van der Waals surface area contributed by atoms with Crippen LogP contribution in [0.25, 0.3) is 5.65 Å². The van der Waals surface area contributed by atoms with Crippen molar-refractivity contribution in [3.05, 3.63) is 65.6 Å². The second kappa shape index (κ2) is 10.6. The molecule has 1 atom stereocenters. The molecule has 1 fully saturated rings. The fraction of sp³-hybridized carbons (Fsp3) is 0.440. The Hall–Kier alpha value is -2.90. The van der Waals surface area contributed by atoms with Crippen LogP contribution in [-0.4, -0.2) is 66.7 Å². The van der Waals surface area contributed by atoms with E-state index in [1.807, 2.05) is 36.7 Å². The number of carbonyl (C=O) groups excluding carboxylic acids is 1. The summed E-state index contributed by atoms with van der Waals surface area (Å²) < 4.78 is 13.1. The fourth-order valence-corrected chi connectivity index (χ4v) is 4.30. The monoisotopic (exact) mass is 436 g/mol. The topological polar surface area (TPSA) is 68.1 Å². The molecule has 0 bridgehead atoms. The van der Waals surface area contributed by atoms with E-state index in [-0.39, 0.29) is 11.8 Å². The van der Waals surface area contributed by atoms with Crippen LogP contribution in [0.15, 0.2) is 48.8 Å². The van der Waals surface area contributed by atoms with Crippen LogP contribution in [0.3, 0.4) is 0 Å². The minimum atomic E-state index is -0.164. The highest BCUT2D eigenvalue weighted by molar-refractivity contribution is 5.77. The molecular weight excluding hydrogens is 404 g/mol. The summed E-state index contributed by atoms with van der Waals surface area (Å²) in [5.41, 5.74) is 4.00. The van der Waals surface area contributed by atoms with E-state index in [9.17, 15) is 4.79 Å². The van der Waals surface area contributed by atoms with Crippen LogP contribution in [0.1, 0.15) is 35.6 Å². The van der Waals surface area contributed by atoms with Gasteiger partial charge in [-0.05, 0) is 43.7 Å². The Morgan fingerprint density at radius 2 is 2.06 bits per heavy atom. The summed E-state index contributed by atoms with van der Waals surface area (Å²) in [5.74, 6) is 0.646. The van der Waals surface area contributed by atoms with Gasteiger partial charge in [0.2, 0.25) is 5.91 Å². The number of rotatable bonds is 9. The average Bonchev–Trinajstić information content (AvgIpc) is 3.23. The number of nitrogens with zero attached hydrogens (tertiary/aromatic N) is 3. The Kier molecular flexibility index (Phi) is 7.39. The van der Waals surface area contributed by atoms with Crippen molar-refractivity contribution in [2.24, 2.45) is 0 Å². The van der Waals surface area contributed by atoms with Crippen LogP contribution in [0.5, 0.6) is 5.75 Å². The Balaban J connectivity index is 1.48. The van der Waals surface area contributed by atoms with Gasteiger partial charge in [0.1, 0.15) is 11.4 Å². The Bertz CT molecular complexity index is 1040. The summed E-state index contributed by atoms with van der Waals surface area (Å²) in [7, 11) is 1.67. The van der Waals surface area contributed by atoms with E-state index in [4.69, 9.17) is 9.47 Å². The van der Waals surface area contributed by atoms with E-state index in [1.54, 1.807) is 7.11 Å². The number of hydrogen-bond donors (Lipinski definition) is 1. The molecule has 0 radical (unpaired) electrons.